The molecular weight excluding hydrogens is 556 g/mol. The van der Waals surface area contributed by atoms with Crippen molar-refractivity contribution < 1.29 is 23.9 Å². The van der Waals surface area contributed by atoms with Gasteiger partial charge in [-0.1, -0.05) is 72.4 Å². The molecule has 5 rings (SSSR count). The number of amides is 3. The van der Waals surface area contributed by atoms with Gasteiger partial charge in [-0.15, -0.1) is 16.9 Å². The minimum absolute atomic E-state index is 0.0424. The third-order valence-electron chi connectivity index (χ3n) is 6.29. The van der Waals surface area contributed by atoms with Crippen molar-refractivity contribution in [1.82, 2.24) is 30.4 Å². The predicted molar refractivity (Wildman–Crippen MR) is 145 cm³/mol. The van der Waals surface area contributed by atoms with Gasteiger partial charge in [-0.25, -0.2) is 9.48 Å². The van der Waals surface area contributed by atoms with Crippen LogP contribution in [0.15, 0.2) is 77.1 Å². The van der Waals surface area contributed by atoms with E-state index in [0.29, 0.717) is 22.9 Å². The van der Waals surface area contributed by atoms with E-state index in [4.69, 9.17) is 16.2 Å². The maximum absolute atomic E-state index is 13.9. The Labute approximate surface area is 236 Å². The lowest BCUT2D eigenvalue weighted by Gasteiger charge is -2.55. The molecule has 2 aromatic carbocycles. The smallest absolute Gasteiger partial charge is 0.356 e. The summed E-state index contributed by atoms with van der Waals surface area (Å²) in [5.41, 5.74) is 11.9. The largest absolute Gasteiger partial charge is 0.448 e. The van der Waals surface area contributed by atoms with Crippen LogP contribution in [0, 0.1) is 0 Å². The molecule has 0 radical (unpaired) electrons. The van der Waals surface area contributed by atoms with Crippen LogP contribution in [-0.2, 0) is 30.5 Å². The molecular formula is C25H24N8O5S2. The first kappa shape index (κ1) is 27.4. The van der Waals surface area contributed by atoms with E-state index in [2.05, 4.69) is 20.8 Å². The highest BCUT2D eigenvalue weighted by atomic mass is 32.2. The van der Waals surface area contributed by atoms with E-state index in [1.807, 2.05) is 60.7 Å². The Morgan fingerprint density at radius 1 is 1.18 bits per heavy atom. The number of primary amides is 1. The molecule has 0 bridgehead atoms. The van der Waals surface area contributed by atoms with Crippen LogP contribution in [0.2, 0.25) is 0 Å². The summed E-state index contributed by atoms with van der Waals surface area (Å²) in [6, 6.07) is 18.5. The lowest BCUT2D eigenvalue weighted by atomic mass is 9.96. The Morgan fingerprint density at radius 3 is 2.42 bits per heavy atom. The standard InChI is InChI=1S/C25H24N8O5S2/c26-18(35)11-32-24(29-30-31-32)40-13-17-12-39-23-25(27,28-14-34)22(37)33(23)19(17)21(36)38-20(15-7-3-1-4-8-15)16-9-5-2-6-10-16/h1-10,14,20,23H,11-13,27H2,(H2,26,35)(H,28,34)/t23-,25-/m0/s1. The molecule has 0 unspecified atom stereocenters. The van der Waals surface area contributed by atoms with Crippen LogP contribution >= 0.6 is 23.5 Å². The second kappa shape index (κ2) is 11.5. The van der Waals surface area contributed by atoms with E-state index in [0.717, 1.165) is 11.1 Å². The van der Waals surface area contributed by atoms with Crippen molar-refractivity contribution in [2.75, 3.05) is 11.5 Å². The van der Waals surface area contributed by atoms with Gasteiger partial charge in [-0.05, 0) is 27.1 Å². The van der Waals surface area contributed by atoms with Crippen LogP contribution in [0.5, 0.6) is 0 Å². The first-order chi connectivity index (χ1) is 19.3. The number of β-lactam (4-membered cyclic amide) rings is 1. The summed E-state index contributed by atoms with van der Waals surface area (Å²) in [7, 11) is 0. The average molecular weight is 581 g/mol. The average Bonchev–Trinajstić information content (AvgIpc) is 3.40. The number of hydrogen-bond donors (Lipinski definition) is 3. The quantitative estimate of drug-likeness (QED) is 0.0921. The van der Waals surface area contributed by atoms with Crippen LogP contribution in [0.25, 0.3) is 0 Å². The molecule has 0 spiro atoms. The maximum Gasteiger partial charge on any atom is 0.356 e. The monoisotopic (exact) mass is 580 g/mol. The molecule has 3 heterocycles. The Hall–Kier alpha value is -4.21. The number of nitrogens with zero attached hydrogens (tertiary/aromatic N) is 5. The highest BCUT2D eigenvalue weighted by molar-refractivity contribution is 8.01. The molecule has 2 atom stereocenters. The molecule has 1 saturated heterocycles. The fourth-order valence-electron chi connectivity index (χ4n) is 4.42. The lowest BCUT2D eigenvalue weighted by molar-refractivity contribution is -0.160. The molecule has 0 saturated carbocycles. The number of carbonyl (C=O) groups excluding carboxylic acids is 4. The zero-order valence-electron chi connectivity index (χ0n) is 20.9. The second-order valence-electron chi connectivity index (χ2n) is 8.90. The van der Waals surface area contributed by atoms with Crippen molar-refractivity contribution in [3.8, 4) is 0 Å². The Balaban J connectivity index is 1.49. The summed E-state index contributed by atoms with van der Waals surface area (Å²) in [5, 5.41) is 13.3. The molecule has 15 heteroatoms. The van der Waals surface area contributed by atoms with E-state index < -0.39 is 34.9 Å². The number of hydrogen-bond acceptors (Lipinski definition) is 11. The number of nitrogens with one attached hydrogen (secondary N) is 1. The van der Waals surface area contributed by atoms with Crippen molar-refractivity contribution in [1.29, 1.82) is 0 Å². The fraction of sp³-hybridized carbons (Fsp3) is 0.240. The summed E-state index contributed by atoms with van der Waals surface area (Å²) in [5.74, 6) is -1.47. The van der Waals surface area contributed by atoms with Crippen LogP contribution in [0.1, 0.15) is 17.2 Å². The van der Waals surface area contributed by atoms with Gasteiger partial charge in [0.2, 0.25) is 23.1 Å². The minimum atomic E-state index is -1.65. The molecule has 5 N–H and O–H groups in total. The molecule has 3 aromatic rings. The van der Waals surface area contributed by atoms with Crippen molar-refractivity contribution in [2.24, 2.45) is 11.5 Å². The van der Waals surface area contributed by atoms with Gasteiger partial charge in [0.25, 0.3) is 5.91 Å². The highest BCUT2D eigenvalue weighted by Gasteiger charge is 2.63. The topological polar surface area (TPSA) is 188 Å². The van der Waals surface area contributed by atoms with Gasteiger partial charge in [0.1, 0.15) is 17.6 Å². The number of rotatable bonds is 11. The molecule has 13 nitrogen and oxygen atoms in total. The molecule has 2 aliphatic rings. The normalized spacial score (nSPS) is 20.1. The summed E-state index contributed by atoms with van der Waals surface area (Å²) in [6.07, 6.45) is -0.387. The maximum atomic E-state index is 13.9. The second-order valence-corrected chi connectivity index (χ2v) is 10.9. The Bertz CT molecular complexity index is 1430. The molecule has 206 valence electrons. The van der Waals surface area contributed by atoms with E-state index in [9.17, 15) is 19.2 Å². The van der Waals surface area contributed by atoms with E-state index >= 15 is 0 Å². The van der Waals surface area contributed by atoms with E-state index in [-0.39, 0.29) is 18.0 Å². The van der Waals surface area contributed by atoms with Gasteiger partial charge in [0.05, 0.1) is 0 Å². The van der Waals surface area contributed by atoms with Gasteiger partial charge in [0, 0.05) is 11.5 Å². The number of ether oxygens (including phenoxy) is 1. The summed E-state index contributed by atoms with van der Waals surface area (Å²) in [6.45, 7) is -0.215. The molecule has 1 aromatic heterocycles. The predicted octanol–water partition coefficient (Wildman–Crippen LogP) is 0.154. The minimum Gasteiger partial charge on any atom is -0.448 e. The Kier molecular flexibility index (Phi) is 7.86. The number of esters is 1. The molecule has 40 heavy (non-hydrogen) atoms. The van der Waals surface area contributed by atoms with Gasteiger partial charge in [-0.2, -0.15) is 0 Å². The van der Waals surface area contributed by atoms with Crippen molar-refractivity contribution in [2.45, 2.75) is 28.8 Å². The third kappa shape index (κ3) is 5.17. The van der Waals surface area contributed by atoms with Crippen molar-refractivity contribution >= 4 is 47.7 Å². The first-order valence-corrected chi connectivity index (χ1v) is 14.0. The molecule has 1 fully saturated rings. The number of thioether (sulfide) groups is 2. The number of aromatic nitrogens is 4. The fourth-order valence-corrected chi connectivity index (χ4v) is 6.82. The number of fused-ring (bicyclic) bond motifs is 1. The van der Waals surface area contributed by atoms with Gasteiger partial charge in [-0.3, -0.25) is 25.0 Å². The number of carbonyl (C=O) groups is 4. The number of tetrazole rings is 1. The van der Waals surface area contributed by atoms with Crippen LogP contribution in [-0.4, -0.2) is 71.8 Å². The van der Waals surface area contributed by atoms with E-state index in [1.165, 1.54) is 33.1 Å². The number of nitrogens with two attached hydrogens (primary N) is 2. The summed E-state index contributed by atoms with van der Waals surface area (Å²) >= 11 is 2.48. The first-order valence-electron chi connectivity index (χ1n) is 12.0. The Morgan fingerprint density at radius 2 is 1.82 bits per heavy atom. The van der Waals surface area contributed by atoms with Crippen LogP contribution < -0.4 is 16.8 Å². The van der Waals surface area contributed by atoms with Crippen LogP contribution in [0.4, 0.5) is 0 Å². The van der Waals surface area contributed by atoms with Gasteiger partial charge >= 0.3 is 5.97 Å². The third-order valence-corrected chi connectivity index (χ3v) is 8.75. The number of benzene rings is 2. The summed E-state index contributed by atoms with van der Waals surface area (Å²) in [4.78, 5) is 51.0. The zero-order chi connectivity index (χ0) is 28.3. The van der Waals surface area contributed by atoms with Crippen molar-refractivity contribution in [3.63, 3.8) is 0 Å². The van der Waals surface area contributed by atoms with Crippen molar-refractivity contribution in [3.05, 3.63) is 83.1 Å². The lowest BCUT2D eigenvalue weighted by Crippen LogP contribution is -2.83. The molecule has 2 aliphatic heterocycles. The van der Waals surface area contributed by atoms with Crippen LogP contribution in [0.3, 0.4) is 0 Å². The molecule has 0 aliphatic carbocycles. The van der Waals surface area contributed by atoms with Gasteiger partial charge < -0.3 is 15.8 Å². The SMILES string of the molecule is NC(=O)Cn1nnnc1SCC1=C(C(=O)OC(c2ccccc2)c2ccccc2)N2C(=O)[C@](N)(NC=O)[C@@H]2SC1. The molecule has 3 amide bonds. The highest BCUT2D eigenvalue weighted by Crippen LogP contribution is 2.45. The zero-order valence-corrected chi connectivity index (χ0v) is 22.5. The van der Waals surface area contributed by atoms with E-state index in [1.54, 1.807) is 0 Å². The summed E-state index contributed by atoms with van der Waals surface area (Å²) < 4.78 is 7.34. The van der Waals surface area contributed by atoms with Gasteiger partial charge in [0.15, 0.2) is 6.10 Å².